The van der Waals surface area contributed by atoms with Crippen molar-refractivity contribution in [3.05, 3.63) is 47.8 Å². The second-order valence-corrected chi connectivity index (χ2v) is 5.45. The molecule has 0 aliphatic carbocycles. The van der Waals surface area contributed by atoms with Gasteiger partial charge in [-0.05, 0) is 24.1 Å². The van der Waals surface area contributed by atoms with Crippen molar-refractivity contribution in [3.63, 3.8) is 0 Å². The molecule has 0 aliphatic rings. The van der Waals surface area contributed by atoms with Crippen LogP contribution in [0.15, 0.2) is 30.7 Å². The molecule has 5 heteroatoms. The molecular formula is C16H23N5. The molecule has 2 heterocycles. The first kappa shape index (κ1) is 15.4. The van der Waals surface area contributed by atoms with E-state index in [1.54, 1.807) is 0 Å². The van der Waals surface area contributed by atoms with Crippen LogP contribution < -0.4 is 10.6 Å². The van der Waals surface area contributed by atoms with Crippen LogP contribution in [0.4, 0.5) is 5.69 Å². The smallest absolute Gasteiger partial charge is 0.131 e. The average Bonchev–Trinajstić information content (AvgIpc) is 2.52. The number of rotatable bonds is 6. The van der Waals surface area contributed by atoms with Crippen LogP contribution in [-0.2, 0) is 13.0 Å². The molecule has 2 aromatic rings. The van der Waals surface area contributed by atoms with Gasteiger partial charge in [0.25, 0.3) is 0 Å². The van der Waals surface area contributed by atoms with E-state index < -0.39 is 0 Å². The molecule has 5 nitrogen and oxygen atoms in total. The summed E-state index contributed by atoms with van der Waals surface area (Å²) in [6.45, 7) is 5.49. The molecule has 21 heavy (non-hydrogen) atoms. The van der Waals surface area contributed by atoms with E-state index in [4.69, 9.17) is 5.73 Å². The summed E-state index contributed by atoms with van der Waals surface area (Å²) in [6, 6.07) is 4.08. The van der Waals surface area contributed by atoms with Crippen molar-refractivity contribution in [3.8, 4) is 0 Å². The minimum atomic E-state index is 0.312. The zero-order valence-corrected chi connectivity index (χ0v) is 13.0. The molecule has 0 radical (unpaired) electrons. The molecule has 0 bridgehead atoms. The monoisotopic (exact) mass is 285 g/mol. The summed E-state index contributed by atoms with van der Waals surface area (Å²) >= 11 is 0. The van der Waals surface area contributed by atoms with Gasteiger partial charge in [-0.3, -0.25) is 4.98 Å². The van der Waals surface area contributed by atoms with Gasteiger partial charge in [0.15, 0.2) is 0 Å². The largest absolute Gasteiger partial charge is 0.372 e. The number of anilines is 1. The molecule has 0 unspecified atom stereocenters. The van der Waals surface area contributed by atoms with Gasteiger partial charge in [-0.2, -0.15) is 0 Å². The summed E-state index contributed by atoms with van der Waals surface area (Å²) in [5, 5.41) is 0. The van der Waals surface area contributed by atoms with Crippen LogP contribution >= 0.6 is 0 Å². The number of hydrogen-bond acceptors (Lipinski definition) is 5. The first-order chi connectivity index (χ1) is 10.1. The van der Waals surface area contributed by atoms with Crippen LogP contribution in [0.1, 0.15) is 36.8 Å². The van der Waals surface area contributed by atoms with Gasteiger partial charge in [-0.15, -0.1) is 0 Å². The Bertz CT molecular complexity index is 568. The predicted molar refractivity (Wildman–Crippen MR) is 85.2 cm³/mol. The van der Waals surface area contributed by atoms with Crippen LogP contribution in [0.5, 0.6) is 0 Å². The third-order valence-electron chi connectivity index (χ3n) is 3.47. The summed E-state index contributed by atoms with van der Waals surface area (Å²) in [6.07, 6.45) is 6.48. The molecule has 2 N–H and O–H groups in total. The number of hydrogen-bond donors (Lipinski definition) is 1. The van der Waals surface area contributed by atoms with Crippen LogP contribution in [0.25, 0.3) is 0 Å². The minimum Gasteiger partial charge on any atom is -0.372 e. The molecule has 2 rings (SSSR count). The lowest BCUT2D eigenvalue weighted by molar-refractivity contribution is 0.747. The first-order valence-electron chi connectivity index (χ1n) is 7.27. The third kappa shape index (κ3) is 3.98. The molecule has 112 valence electrons. The molecular weight excluding hydrogens is 262 g/mol. The second kappa shape index (κ2) is 7.13. The highest BCUT2D eigenvalue weighted by Gasteiger charge is 2.12. The maximum Gasteiger partial charge on any atom is 0.131 e. The Balaban J connectivity index is 2.09. The summed E-state index contributed by atoms with van der Waals surface area (Å²) in [5.74, 6) is 1.16. The lowest BCUT2D eigenvalue weighted by atomic mass is 10.1. The SMILES string of the molecule is CC(C)c1ncc(N(C)CCc2ccncc2)c(CN)n1. The number of pyridine rings is 1. The van der Waals surface area contributed by atoms with Crippen LogP contribution in [0.3, 0.4) is 0 Å². The lowest BCUT2D eigenvalue weighted by Gasteiger charge is -2.22. The summed E-state index contributed by atoms with van der Waals surface area (Å²) in [4.78, 5) is 15.2. The predicted octanol–water partition coefficient (Wildman–Crippen LogP) is 2.13. The van der Waals surface area contributed by atoms with Gasteiger partial charge in [0, 0.05) is 38.4 Å². The number of nitrogens with two attached hydrogens (primary N) is 1. The van der Waals surface area contributed by atoms with Crippen LogP contribution in [0.2, 0.25) is 0 Å². The topological polar surface area (TPSA) is 67.9 Å². The Labute approximate surface area is 126 Å². The van der Waals surface area contributed by atoms with E-state index >= 15 is 0 Å². The van der Waals surface area contributed by atoms with Gasteiger partial charge >= 0.3 is 0 Å². The highest BCUT2D eigenvalue weighted by Crippen LogP contribution is 2.19. The van der Waals surface area contributed by atoms with E-state index in [-0.39, 0.29) is 0 Å². The lowest BCUT2D eigenvalue weighted by Crippen LogP contribution is -2.23. The van der Waals surface area contributed by atoms with Crippen molar-refractivity contribution in [1.29, 1.82) is 0 Å². The van der Waals surface area contributed by atoms with Crippen molar-refractivity contribution in [1.82, 2.24) is 15.0 Å². The van der Waals surface area contributed by atoms with Crippen LogP contribution in [0, 0.1) is 0 Å². The van der Waals surface area contributed by atoms with E-state index in [0.29, 0.717) is 12.5 Å². The van der Waals surface area contributed by atoms with Crippen LogP contribution in [-0.4, -0.2) is 28.5 Å². The third-order valence-corrected chi connectivity index (χ3v) is 3.47. The van der Waals surface area contributed by atoms with Gasteiger partial charge in [0.05, 0.1) is 17.6 Å². The molecule has 0 fully saturated rings. The molecule has 0 atom stereocenters. The average molecular weight is 285 g/mol. The molecule has 0 saturated heterocycles. The van der Waals surface area contributed by atoms with E-state index in [2.05, 4.69) is 33.7 Å². The number of aromatic nitrogens is 3. The Hall–Kier alpha value is -2.01. The summed E-state index contributed by atoms with van der Waals surface area (Å²) in [7, 11) is 2.05. The highest BCUT2D eigenvalue weighted by atomic mass is 15.1. The van der Waals surface area contributed by atoms with Crippen molar-refractivity contribution in [2.75, 3.05) is 18.5 Å². The van der Waals surface area contributed by atoms with E-state index in [1.807, 2.05) is 37.8 Å². The molecule has 0 spiro atoms. The fourth-order valence-electron chi connectivity index (χ4n) is 2.14. The number of nitrogens with zero attached hydrogens (tertiary/aromatic N) is 4. The summed E-state index contributed by atoms with van der Waals surface area (Å²) < 4.78 is 0. The van der Waals surface area contributed by atoms with Gasteiger partial charge < -0.3 is 10.6 Å². The zero-order chi connectivity index (χ0) is 15.2. The fourth-order valence-corrected chi connectivity index (χ4v) is 2.14. The van der Waals surface area contributed by atoms with Crippen molar-refractivity contribution >= 4 is 5.69 Å². The fraction of sp³-hybridized carbons (Fsp3) is 0.438. The molecule has 2 aromatic heterocycles. The van der Waals surface area contributed by atoms with Crippen molar-refractivity contribution in [2.24, 2.45) is 5.73 Å². The Morgan fingerprint density at radius 2 is 1.95 bits per heavy atom. The van der Waals surface area contributed by atoms with E-state index in [0.717, 1.165) is 30.2 Å². The quantitative estimate of drug-likeness (QED) is 0.880. The Kier molecular flexibility index (Phi) is 5.22. The highest BCUT2D eigenvalue weighted by molar-refractivity contribution is 5.48. The Morgan fingerprint density at radius 1 is 1.24 bits per heavy atom. The normalized spacial score (nSPS) is 10.9. The standard InChI is InChI=1S/C16H23N5/c1-12(2)16-19-11-15(14(10-17)20-16)21(3)9-6-13-4-7-18-8-5-13/h4-5,7-8,11-12H,6,9-10,17H2,1-3H3. The first-order valence-corrected chi connectivity index (χ1v) is 7.27. The van der Waals surface area contributed by atoms with Gasteiger partial charge in [0.1, 0.15) is 5.82 Å². The van der Waals surface area contributed by atoms with Crippen molar-refractivity contribution < 1.29 is 0 Å². The van der Waals surface area contributed by atoms with E-state index in [9.17, 15) is 0 Å². The summed E-state index contributed by atoms with van der Waals surface area (Å²) in [5.41, 5.74) is 9.03. The number of likely N-dealkylation sites (N-methyl/N-ethyl adjacent to an activating group) is 1. The van der Waals surface area contributed by atoms with Crippen molar-refractivity contribution in [2.45, 2.75) is 32.7 Å². The zero-order valence-electron chi connectivity index (χ0n) is 13.0. The minimum absolute atomic E-state index is 0.312. The Morgan fingerprint density at radius 3 is 2.57 bits per heavy atom. The molecule has 0 saturated carbocycles. The maximum absolute atomic E-state index is 5.84. The molecule has 0 aromatic carbocycles. The van der Waals surface area contributed by atoms with E-state index in [1.165, 1.54) is 5.56 Å². The maximum atomic E-state index is 5.84. The van der Waals surface area contributed by atoms with Gasteiger partial charge in [-0.1, -0.05) is 13.8 Å². The van der Waals surface area contributed by atoms with Gasteiger partial charge in [-0.25, -0.2) is 9.97 Å². The molecule has 0 amide bonds. The second-order valence-electron chi connectivity index (χ2n) is 5.45. The molecule has 0 aliphatic heterocycles. The van der Waals surface area contributed by atoms with Gasteiger partial charge in [0.2, 0.25) is 0 Å².